The smallest absolute Gasteiger partial charge is 0.270 e. The van der Waals surface area contributed by atoms with Crippen LogP contribution >= 0.6 is 23.1 Å². The summed E-state index contributed by atoms with van der Waals surface area (Å²) in [7, 11) is 0. The standard InChI is InChI=1S/C15H14N6O3S2/c1-2-20-13(10-4-3-5-11(8-10)21(23)24)18-19-15(20)26-9-12(22)17-14-16-6-7-25-14/h3-8H,2,9H2,1H3,(H,16,17,22). The summed E-state index contributed by atoms with van der Waals surface area (Å²) < 4.78 is 1.82. The number of thiazole rings is 1. The molecule has 0 aliphatic carbocycles. The lowest BCUT2D eigenvalue weighted by atomic mass is 10.2. The summed E-state index contributed by atoms with van der Waals surface area (Å²) in [5.41, 5.74) is 0.595. The molecule has 2 heterocycles. The van der Waals surface area contributed by atoms with Gasteiger partial charge in [0, 0.05) is 35.8 Å². The fraction of sp³-hybridized carbons (Fsp3) is 0.200. The first-order valence-electron chi connectivity index (χ1n) is 7.58. The summed E-state index contributed by atoms with van der Waals surface area (Å²) in [6.07, 6.45) is 1.62. The van der Waals surface area contributed by atoms with E-state index in [1.54, 1.807) is 23.7 Å². The first kappa shape index (κ1) is 18.0. The van der Waals surface area contributed by atoms with E-state index in [1.165, 1.54) is 35.2 Å². The van der Waals surface area contributed by atoms with E-state index in [0.29, 0.717) is 28.2 Å². The predicted molar refractivity (Wildman–Crippen MR) is 99.3 cm³/mol. The summed E-state index contributed by atoms with van der Waals surface area (Å²) in [6.45, 7) is 2.49. The lowest BCUT2D eigenvalue weighted by Crippen LogP contribution is -2.14. The summed E-state index contributed by atoms with van der Waals surface area (Å²) in [4.78, 5) is 26.5. The van der Waals surface area contributed by atoms with Crippen LogP contribution in [0.2, 0.25) is 0 Å². The van der Waals surface area contributed by atoms with Gasteiger partial charge in [-0.25, -0.2) is 4.98 Å². The highest BCUT2D eigenvalue weighted by molar-refractivity contribution is 7.99. The van der Waals surface area contributed by atoms with E-state index in [-0.39, 0.29) is 17.3 Å². The van der Waals surface area contributed by atoms with Crippen LogP contribution in [0.3, 0.4) is 0 Å². The van der Waals surface area contributed by atoms with Gasteiger partial charge in [0.15, 0.2) is 16.1 Å². The van der Waals surface area contributed by atoms with E-state index in [2.05, 4.69) is 20.5 Å². The lowest BCUT2D eigenvalue weighted by Gasteiger charge is -2.07. The van der Waals surface area contributed by atoms with Crippen LogP contribution in [0.15, 0.2) is 41.0 Å². The maximum absolute atomic E-state index is 12.0. The van der Waals surface area contributed by atoms with Gasteiger partial charge >= 0.3 is 0 Å². The topological polar surface area (TPSA) is 116 Å². The van der Waals surface area contributed by atoms with Crippen molar-refractivity contribution in [1.29, 1.82) is 0 Å². The molecular weight excluding hydrogens is 376 g/mol. The zero-order valence-electron chi connectivity index (χ0n) is 13.7. The molecule has 0 saturated heterocycles. The van der Waals surface area contributed by atoms with Gasteiger partial charge in [0.2, 0.25) is 5.91 Å². The van der Waals surface area contributed by atoms with Gasteiger partial charge in [0.1, 0.15) is 0 Å². The van der Waals surface area contributed by atoms with E-state index in [0.717, 1.165) is 0 Å². The number of benzene rings is 1. The predicted octanol–water partition coefficient (Wildman–Crippen LogP) is 3.06. The summed E-state index contributed by atoms with van der Waals surface area (Å²) in [6, 6.07) is 6.23. The molecule has 0 spiro atoms. The molecule has 0 aliphatic rings. The Morgan fingerprint density at radius 1 is 1.42 bits per heavy atom. The molecule has 0 aliphatic heterocycles. The minimum atomic E-state index is -0.450. The number of hydrogen-bond donors (Lipinski definition) is 1. The van der Waals surface area contributed by atoms with Crippen LogP contribution in [-0.2, 0) is 11.3 Å². The molecule has 2 aromatic heterocycles. The Bertz CT molecular complexity index is 925. The molecule has 3 aromatic rings. The van der Waals surface area contributed by atoms with Crippen molar-refractivity contribution in [1.82, 2.24) is 19.7 Å². The van der Waals surface area contributed by atoms with Crippen LogP contribution < -0.4 is 5.32 Å². The Balaban J connectivity index is 1.75. The molecule has 1 aromatic carbocycles. The minimum absolute atomic E-state index is 0.00909. The molecular formula is C15H14N6O3S2. The Morgan fingerprint density at radius 3 is 2.96 bits per heavy atom. The van der Waals surface area contributed by atoms with Gasteiger partial charge in [-0.2, -0.15) is 0 Å². The maximum Gasteiger partial charge on any atom is 0.270 e. The molecule has 0 fully saturated rings. The Morgan fingerprint density at radius 2 is 2.27 bits per heavy atom. The van der Waals surface area contributed by atoms with Crippen LogP contribution in [0.5, 0.6) is 0 Å². The zero-order chi connectivity index (χ0) is 18.5. The van der Waals surface area contributed by atoms with Crippen LogP contribution in [0.4, 0.5) is 10.8 Å². The van der Waals surface area contributed by atoms with Gasteiger partial charge in [-0.1, -0.05) is 23.9 Å². The van der Waals surface area contributed by atoms with E-state index in [1.807, 2.05) is 11.5 Å². The molecule has 0 bridgehead atoms. The molecule has 3 rings (SSSR count). The summed E-state index contributed by atoms with van der Waals surface area (Å²) in [5.74, 6) is 0.499. The van der Waals surface area contributed by atoms with Crippen molar-refractivity contribution in [3.63, 3.8) is 0 Å². The third-order valence-electron chi connectivity index (χ3n) is 3.36. The third kappa shape index (κ3) is 4.06. The van der Waals surface area contributed by atoms with Gasteiger partial charge in [-0.3, -0.25) is 14.9 Å². The molecule has 0 atom stereocenters. The quantitative estimate of drug-likeness (QED) is 0.374. The number of carbonyl (C=O) groups excluding carboxylic acids is 1. The number of carbonyl (C=O) groups is 1. The van der Waals surface area contributed by atoms with E-state index < -0.39 is 4.92 Å². The van der Waals surface area contributed by atoms with Crippen LogP contribution in [0.1, 0.15) is 6.92 Å². The highest BCUT2D eigenvalue weighted by Gasteiger charge is 2.17. The average molecular weight is 390 g/mol. The molecule has 0 unspecified atom stereocenters. The number of nitrogens with one attached hydrogen (secondary N) is 1. The van der Waals surface area contributed by atoms with Crippen molar-refractivity contribution in [2.75, 3.05) is 11.1 Å². The molecule has 134 valence electrons. The van der Waals surface area contributed by atoms with Crippen LogP contribution in [0.25, 0.3) is 11.4 Å². The van der Waals surface area contributed by atoms with Gasteiger partial charge < -0.3 is 9.88 Å². The second-order valence-corrected chi connectivity index (χ2v) is 6.87. The molecule has 0 saturated carbocycles. The van der Waals surface area contributed by atoms with Crippen molar-refractivity contribution in [3.05, 3.63) is 46.0 Å². The largest absolute Gasteiger partial charge is 0.302 e. The Hall–Kier alpha value is -2.79. The summed E-state index contributed by atoms with van der Waals surface area (Å²) >= 11 is 2.59. The maximum atomic E-state index is 12.0. The first-order valence-corrected chi connectivity index (χ1v) is 9.45. The van der Waals surface area contributed by atoms with Crippen molar-refractivity contribution in [3.8, 4) is 11.4 Å². The van der Waals surface area contributed by atoms with Gasteiger partial charge in [0.05, 0.1) is 10.7 Å². The number of hydrogen-bond acceptors (Lipinski definition) is 8. The van der Waals surface area contributed by atoms with Crippen molar-refractivity contribution < 1.29 is 9.72 Å². The monoisotopic (exact) mass is 390 g/mol. The Kier molecular flexibility index (Phi) is 5.58. The number of nitro groups is 1. The SMILES string of the molecule is CCn1c(SCC(=O)Nc2nccs2)nnc1-c1cccc([N+](=O)[O-])c1. The first-order chi connectivity index (χ1) is 12.6. The van der Waals surface area contributed by atoms with Gasteiger partial charge in [-0.15, -0.1) is 21.5 Å². The van der Waals surface area contributed by atoms with Crippen LogP contribution in [-0.4, -0.2) is 36.3 Å². The number of non-ortho nitro benzene ring substituents is 1. The van der Waals surface area contributed by atoms with Crippen molar-refractivity contribution in [2.45, 2.75) is 18.6 Å². The van der Waals surface area contributed by atoms with Crippen LogP contribution in [0, 0.1) is 10.1 Å². The van der Waals surface area contributed by atoms with Gasteiger partial charge in [0.25, 0.3) is 5.69 Å². The fourth-order valence-electron chi connectivity index (χ4n) is 2.22. The number of nitro benzene ring substituents is 1. The highest BCUT2D eigenvalue weighted by atomic mass is 32.2. The molecule has 11 heteroatoms. The Labute approximate surface area is 156 Å². The van der Waals surface area contributed by atoms with Crippen molar-refractivity contribution in [2.24, 2.45) is 0 Å². The molecule has 26 heavy (non-hydrogen) atoms. The molecule has 1 amide bonds. The second-order valence-electron chi connectivity index (χ2n) is 5.03. The van der Waals surface area contributed by atoms with Gasteiger partial charge in [-0.05, 0) is 6.92 Å². The number of rotatable bonds is 7. The number of thioether (sulfide) groups is 1. The number of nitrogens with zero attached hydrogens (tertiary/aromatic N) is 5. The third-order valence-corrected chi connectivity index (χ3v) is 5.01. The minimum Gasteiger partial charge on any atom is -0.302 e. The molecule has 9 nitrogen and oxygen atoms in total. The second kappa shape index (κ2) is 8.06. The molecule has 1 N–H and O–H groups in total. The normalized spacial score (nSPS) is 10.7. The zero-order valence-corrected chi connectivity index (χ0v) is 15.3. The number of amides is 1. The van der Waals surface area contributed by atoms with E-state index in [4.69, 9.17) is 0 Å². The summed E-state index contributed by atoms with van der Waals surface area (Å²) in [5, 5.41) is 24.8. The number of anilines is 1. The average Bonchev–Trinajstić information content (AvgIpc) is 3.29. The fourth-order valence-corrected chi connectivity index (χ4v) is 3.57. The van der Waals surface area contributed by atoms with Crippen molar-refractivity contribution >= 4 is 39.8 Å². The lowest BCUT2D eigenvalue weighted by molar-refractivity contribution is -0.384. The number of aromatic nitrogens is 4. The highest BCUT2D eigenvalue weighted by Crippen LogP contribution is 2.26. The molecule has 0 radical (unpaired) electrons. The van der Waals surface area contributed by atoms with E-state index in [9.17, 15) is 14.9 Å². The van der Waals surface area contributed by atoms with E-state index >= 15 is 0 Å².